The second-order valence-electron chi connectivity index (χ2n) is 22.3. The average Bonchev–Trinajstić information content (AvgIpc) is 3.72. The van der Waals surface area contributed by atoms with Crippen LogP contribution in [0.2, 0.25) is 0 Å². The number of hydrogen-bond donors (Lipinski definition) is 14. The molecule has 0 spiro atoms. The Kier molecular flexibility index (Phi) is 31.8. The highest BCUT2D eigenvalue weighted by atomic mass is 16.5. The standard InChI is InChI=1S/C58H96N12O15/c1-14-29(6)42(67-50(76)38(60-13)26-36-22-20-19-21-23-36)53(79)63-39(27-71)51(77)62-37(24-25-41(59)73)49(75)66-45(32(9)17-4)55(81)68-43(30(7)15-2)54(80)64-40(28-72)52(78)70-47-35(12)85-58(84)46(33(10)18-5)69-56(82)44(31(8)16-3)65-48(74)34(11)61-57(47)83/h19-23,29-35,37-40,42-47,60,71-72H,14-18,24-28H2,1-13H3,(H2,59,73)(H,61,83)(H,62,77)(H,63,79)(H,64,80)(H,65,74)(H,66,75)(H,67,76)(H,68,81)(H,69,82)(H,70,78)/t29-,30-,31-,32+,33-,34-,35-,37+,38+,39-,40-,42-,43-,44-,45+,46-,47+/m0/s1. The first-order valence-electron chi connectivity index (χ1n) is 29.5. The Morgan fingerprint density at radius 2 is 0.965 bits per heavy atom. The zero-order valence-corrected chi connectivity index (χ0v) is 51.6. The zero-order valence-electron chi connectivity index (χ0n) is 51.6. The Balaban J connectivity index is 2.41. The van der Waals surface area contributed by atoms with Gasteiger partial charge in [-0.15, -0.1) is 0 Å². The number of nitrogens with two attached hydrogens (primary N) is 1. The molecule has 0 saturated carbocycles. The monoisotopic (exact) mass is 1200 g/mol. The van der Waals surface area contributed by atoms with Crippen LogP contribution >= 0.6 is 0 Å². The number of aliphatic hydroxyl groups is 2. The number of carbonyl (C=O) groups is 12. The van der Waals surface area contributed by atoms with Crippen LogP contribution in [0, 0.1) is 29.6 Å². The Hall–Kier alpha value is -7.26. The van der Waals surface area contributed by atoms with Crippen LogP contribution in [-0.4, -0.2) is 174 Å². The molecule has 85 heavy (non-hydrogen) atoms. The van der Waals surface area contributed by atoms with Gasteiger partial charge in [0.2, 0.25) is 65.0 Å². The largest absolute Gasteiger partial charge is 0.458 e. The minimum absolute atomic E-state index is 0.265. The van der Waals surface area contributed by atoms with Gasteiger partial charge in [-0.2, -0.15) is 0 Å². The number of amides is 11. The number of ether oxygens (including phenoxy) is 1. The summed E-state index contributed by atoms with van der Waals surface area (Å²) in [6.07, 6.45) is -0.166. The lowest BCUT2D eigenvalue weighted by Crippen LogP contribution is -2.63. The summed E-state index contributed by atoms with van der Waals surface area (Å²) in [4.78, 5) is 165. The summed E-state index contributed by atoms with van der Waals surface area (Å²) in [5.74, 6) is -13.2. The number of likely N-dealkylation sites (N-methyl/N-ethyl adjacent to an activating group) is 1. The van der Waals surface area contributed by atoms with Gasteiger partial charge < -0.3 is 79.2 Å². The van der Waals surface area contributed by atoms with Crippen LogP contribution in [0.3, 0.4) is 0 Å². The molecule has 2 rings (SSSR count). The molecule has 11 amide bonds. The van der Waals surface area contributed by atoms with E-state index in [9.17, 15) is 67.7 Å². The summed E-state index contributed by atoms with van der Waals surface area (Å²) in [5.41, 5.74) is 6.31. The maximum Gasteiger partial charge on any atom is 0.329 e. The molecule has 17 atom stereocenters. The van der Waals surface area contributed by atoms with Gasteiger partial charge in [-0.3, -0.25) is 52.7 Å². The second kappa shape index (κ2) is 36.6. The quantitative estimate of drug-likeness (QED) is 0.0351. The van der Waals surface area contributed by atoms with Crippen molar-refractivity contribution in [2.45, 2.75) is 207 Å². The van der Waals surface area contributed by atoms with Crippen LogP contribution in [0.1, 0.15) is 134 Å². The van der Waals surface area contributed by atoms with Crippen LogP contribution in [0.25, 0.3) is 0 Å². The first-order valence-corrected chi connectivity index (χ1v) is 29.5. The Labute approximate surface area is 498 Å². The molecule has 1 aliphatic heterocycles. The minimum atomic E-state index is -1.80. The SMILES string of the molecule is CC[C@@H](C)[C@@H](NC(=O)[C@@H](CCC(N)=O)NC(=O)[C@H](CO)NC(=O)[C@@H](NC(=O)[C@@H](Cc1ccccc1)NC)[C@@H](C)CC)C(=O)N[C@H](C(=O)N[C@@H](CO)C(=O)N[C@H]1C(=O)N[C@@H](C)C(=O)N[C@@H]([C@@H](C)CC)C(=O)N[C@@H]([C@@H](C)CC)C(=O)O[C@H]1C)[C@@H](C)CC. The molecule has 1 aromatic carbocycles. The number of esters is 1. The Morgan fingerprint density at radius 1 is 0.541 bits per heavy atom. The van der Waals surface area contributed by atoms with Crippen molar-refractivity contribution in [2.24, 2.45) is 35.3 Å². The van der Waals surface area contributed by atoms with E-state index in [1.165, 1.54) is 13.8 Å². The predicted molar refractivity (Wildman–Crippen MR) is 313 cm³/mol. The molecule has 478 valence electrons. The highest BCUT2D eigenvalue weighted by molar-refractivity contribution is 5.99. The van der Waals surface area contributed by atoms with Crippen LogP contribution in [0.4, 0.5) is 0 Å². The van der Waals surface area contributed by atoms with Crippen molar-refractivity contribution in [3.05, 3.63) is 35.9 Å². The lowest BCUT2D eigenvalue weighted by molar-refractivity contribution is -0.157. The van der Waals surface area contributed by atoms with Crippen molar-refractivity contribution >= 4 is 70.9 Å². The molecule has 27 nitrogen and oxygen atoms in total. The maximum absolute atomic E-state index is 14.4. The molecule has 27 heteroatoms. The summed E-state index contributed by atoms with van der Waals surface area (Å²) >= 11 is 0. The maximum atomic E-state index is 14.4. The van der Waals surface area contributed by atoms with Gasteiger partial charge in [-0.1, -0.05) is 132 Å². The van der Waals surface area contributed by atoms with E-state index in [1.807, 2.05) is 37.3 Å². The fourth-order valence-corrected chi connectivity index (χ4v) is 9.01. The predicted octanol–water partition coefficient (Wildman–Crippen LogP) is -1.89. The number of nitrogens with one attached hydrogen (secondary N) is 11. The van der Waals surface area contributed by atoms with Crippen molar-refractivity contribution < 1.29 is 72.5 Å². The molecule has 1 fully saturated rings. The third-order valence-corrected chi connectivity index (χ3v) is 15.9. The van der Waals surface area contributed by atoms with Crippen molar-refractivity contribution in [1.29, 1.82) is 0 Å². The highest BCUT2D eigenvalue weighted by Crippen LogP contribution is 2.18. The van der Waals surface area contributed by atoms with Gasteiger partial charge in [-0.05, 0) is 68.9 Å². The lowest BCUT2D eigenvalue weighted by atomic mass is 9.94. The zero-order chi connectivity index (χ0) is 64.4. The number of primary amides is 1. The summed E-state index contributed by atoms with van der Waals surface area (Å²) in [6, 6.07) is -6.01. The molecule has 0 aliphatic carbocycles. The van der Waals surface area contributed by atoms with Gasteiger partial charge in [0.15, 0.2) is 0 Å². The third kappa shape index (κ3) is 22.6. The molecular weight excluding hydrogens is 1100 g/mol. The van der Waals surface area contributed by atoms with Gasteiger partial charge >= 0.3 is 5.97 Å². The van der Waals surface area contributed by atoms with E-state index < -0.39 is 199 Å². The normalized spacial score (nSPS) is 21.8. The van der Waals surface area contributed by atoms with E-state index in [1.54, 1.807) is 69.4 Å². The average molecular weight is 1200 g/mol. The van der Waals surface area contributed by atoms with Gasteiger partial charge in [0, 0.05) is 6.42 Å². The van der Waals surface area contributed by atoms with E-state index in [2.05, 4.69) is 58.5 Å². The fraction of sp³-hybridized carbons (Fsp3) is 0.690. The van der Waals surface area contributed by atoms with Gasteiger partial charge in [-0.25, -0.2) is 4.79 Å². The highest BCUT2D eigenvalue weighted by Gasteiger charge is 2.41. The Bertz CT molecular complexity index is 2440. The summed E-state index contributed by atoms with van der Waals surface area (Å²) < 4.78 is 5.71. The Morgan fingerprint density at radius 3 is 1.42 bits per heavy atom. The molecule has 0 unspecified atom stereocenters. The van der Waals surface area contributed by atoms with E-state index in [0.717, 1.165) is 5.56 Å². The molecule has 15 N–H and O–H groups in total. The van der Waals surface area contributed by atoms with Crippen molar-refractivity contribution in [3.63, 3.8) is 0 Å². The summed E-state index contributed by atoms with van der Waals surface area (Å²) in [5, 5.41) is 49.4. The number of aliphatic hydroxyl groups excluding tert-OH is 2. The lowest BCUT2D eigenvalue weighted by Gasteiger charge is -2.31. The van der Waals surface area contributed by atoms with Crippen LogP contribution in [0.15, 0.2) is 30.3 Å². The van der Waals surface area contributed by atoms with E-state index in [0.29, 0.717) is 25.7 Å². The van der Waals surface area contributed by atoms with Gasteiger partial charge in [0.1, 0.15) is 66.5 Å². The van der Waals surface area contributed by atoms with Crippen LogP contribution in [-0.2, 0) is 68.7 Å². The van der Waals surface area contributed by atoms with Gasteiger partial charge in [0.05, 0.1) is 19.3 Å². The smallest absolute Gasteiger partial charge is 0.329 e. The first-order chi connectivity index (χ1) is 40.1. The van der Waals surface area contributed by atoms with E-state index in [4.69, 9.17) is 10.5 Å². The minimum Gasteiger partial charge on any atom is -0.458 e. The van der Waals surface area contributed by atoms with Crippen molar-refractivity contribution in [3.8, 4) is 0 Å². The van der Waals surface area contributed by atoms with Crippen LogP contribution < -0.4 is 64.2 Å². The van der Waals surface area contributed by atoms with E-state index in [-0.39, 0.29) is 12.8 Å². The van der Waals surface area contributed by atoms with Crippen LogP contribution in [0.5, 0.6) is 0 Å². The van der Waals surface area contributed by atoms with Crippen molar-refractivity contribution in [2.75, 3.05) is 20.3 Å². The molecule has 1 aromatic rings. The fourth-order valence-electron chi connectivity index (χ4n) is 9.01. The molecule has 1 heterocycles. The topological polar surface area (TPSA) is 413 Å². The number of benzene rings is 1. The summed E-state index contributed by atoms with van der Waals surface area (Å²) in [6.45, 7) is 17.8. The van der Waals surface area contributed by atoms with E-state index >= 15 is 0 Å². The first kappa shape index (κ1) is 73.8. The number of carbonyl (C=O) groups excluding carboxylic acids is 12. The van der Waals surface area contributed by atoms with Crippen molar-refractivity contribution in [1.82, 2.24) is 58.5 Å². The molecule has 0 bridgehead atoms. The number of hydrogen-bond acceptors (Lipinski definition) is 16. The second-order valence-corrected chi connectivity index (χ2v) is 22.3. The molecule has 0 aromatic heterocycles. The molecule has 1 saturated heterocycles. The third-order valence-electron chi connectivity index (χ3n) is 15.9. The molecular formula is C58H96N12O15. The molecule has 0 radical (unpaired) electrons. The molecule has 1 aliphatic rings. The number of rotatable bonds is 32. The number of cyclic esters (lactones) is 1. The van der Waals surface area contributed by atoms with Gasteiger partial charge in [0.25, 0.3) is 0 Å². The summed E-state index contributed by atoms with van der Waals surface area (Å²) in [7, 11) is 1.60.